The Balaban J connectivity index is 1.93. The number of nitro groups is 1. The van der Waals surface area contributed by atoms with E-state index in [4.69, 9.17) is 11.6 Å². The summed E-state index contributed by atoms with van der Waals surface area (Å²) in [4.78, 5) is 11.1. The van der Waals surface area contributed by atoms with Gasteiger partial charge < -0.3 is 5.11 Å². The molecule has 0 aliphatic heterocycles. The van der Waals surface area contributed by atoms with Gasteiger partial charge in [0.25, 0.3) is 11.4 Å². The first-order valence-electron chi connectivity index (χ1n) is 11.0. The van der Waals surface area contributed by atoms with Crippen molar-refractivity contribution in [2.75, 3.05) is 0 Å². The zero-order valence-electron chi connectivity index (χ0n) is 18.5. The molecule has 35 heavy (non-hydrogen) atoms. The minimum atomic E-state index is -0.516. The second-order valence-electron chi connectivity index (χ2n) is 8.00. The van der Waals surface area contributed by atoms with Crippen molar-refractivity contribution in [2.45, 2.75) is 0 Å². The summed E-state index contributed by atoms with van der Waals surface area (Å²) in [5, 5.41) is 22.6. The van der Waals surface area contributed by atoms with Crippen LogP contribution in [0.5, 0.6) is 5.75 Å². The van der Waals surface area contributed by atoms with E-state index in [2.05, 4.69) is 0 Å². The number of nitro benzene ring substituents is 1. The highest BCUT2D eigenvalue weighted by Crippen LogP contribution is 2.36. The van der Waals surface area contributed by atoms with Crippen molar-refractivity contribution in [3.8, 4) is 45.1 Å². The van der Waals surface area contributed by atoms with Crippen LogP contribution in [0.25, 0.3) is 39.3 Å². The number of phenolic OH excluding ortho intramolecular Hbond substituents is 1. The lowest BCUT2D eigenvalue weighted by Gasteiger charge is -2.13. The molecule has 5 rings (SSSR count). The fourth-order valence-electron chi connectivity index (χ4n) is 4.14. The topological polar surface area (TPSA) is 67.2 Å². The number of rotatable bonds is 5. The van der Waals surface area contributed by atoms with E-state index in [-0.39, 0.29) is 22.1 Å². The van der Waals surface area contributed by atoms with Crippen LogP contribution in [0, 0.1) is 10.1 Å². The van der Waals surface area contributed by atoms with Gasteiger partial charge in [0.05, 0.1) is 16.0 Å². The fourth-order valence-corrected chi connectivity index (χ4v) is 4.35. The van der Waals surface area contributed by atoms with Gasteiger partial charge in [0, 0.05) is 29.3 Å². The normalized spacial score (nSPS) is 10.8. The number of aromatic nitrogens is 1. The summed E-state index contributed by atoms with van der Waals surface area (Å²) in [6, 6.07) is 35.9. The minimum Gasteiger partial charge on any atom is -0.501 e. The molecule has 170 valence electrons. The highest BCUT2D eigenvalue weighted by atomic mass is 35.5. The van der Waals surface area contributed by atoms with Crippen molar-refractivity contribution in [3.05, 3.63) is 130 Å². The molecule has 0 unspecified atom stereocenters. The Hall–Kier alpha value is -4.48. The van der Waals surface area contributed by atoms with E-state index in [0.717, 1.165) is 39.7 Å². The van der Waals surface area contributed by atoms with Gasteiger partial charge in [0.1, 0.15) is 0 Å². The lowest BCUT2D eigenvalue weighted by molar-refractivity contribution is -0.572. The van der Waals surface area contributed by atoms with Gasteiger partial charge in [-0.1, -0.05) is 78.3 Å². The molecule has 4 aromatic carbocycles. The number of benzene rings is 4. The molecule has 0 spiro atoms. The van der Waals surface area contributed by atoms with Gasteiger partial charge in [-0.25, -0.2) is 0 Å². The molecule has 0 saturated carbocycles. The van der Waals surface area contributed by atoms with Crippen LogP contribution in [0.4, 0.5) is 5.69 Å². The predicted octanol–water partition coefficient (Wildman–Crippen LogP) is 7.23. The van der Waals surface area contributed by atoms with Gasteiger partial charge in [0.15, 0.2) is 0 Å². The molecular formula is C29H20ClN2O3+. The summed E-state index contributed by atoms with van der Waals surface area (Å²) in [6.07, 6.45) is 0. The SMILES string of the molecule is O=[N+]([O-])c1cc(Cl)c(O)c(-[n+]2c(-c3ccccc3)cc(-c3ccccc3)cc2-c2ccccc2)c1. The van der Waals surface area contributed by atoms with E-state index in [0.29, 0.717) is 0 Å². The third kappa shape index (κ3) is 4.37. The smallest absolute Gasteiger partial charge is 0.277 e. The Morgan fingerprint density at radius 1 is 0.657 bits per heavy atom. The highest BCUT2D eigenvalue weighted by molar-refractivity contribution is 6.32. The Bertz CT molecular complexity index is 1460. The number of non-ortho nitro benzene ring substituents is 1. The fraction of sp³-hybridized carbons (Fsp3) is 0. The quantitative estimate of drug-likeness (QED) is 0.164. The zero-order chi connectivity index (χ0) is 24.4. The molecule has 0 amide bonds. The van der Waals surface area contributed by atoms with Crippen LogP contribution in [0.1, 0.15) is 0 Å². The molecule has 5 nitrogen and oxygen atoms in total. The Morgan fingerprint density at radius 2 is 1.11 bits per heavy atom. The Kier molecular flexibility index (Phi) is 6.00. The average Bonchev–Trinajstić information content (AvgIpc) is 2.91. The lowest BCUT2D eigenvalue weighted by atomic mass is 9.98. The largest absolute Gasteiger partial charge is 0.501 e. The molecule has 0 bridgehead atoms. The number of hydrogen-bond acceptors (Lipinski definition) is 3. The average molecular weight is 480 g/mol. The zero-order valence-corrected chi connectivity index (χ0v) is 19.3. The van der Waals surface area contributed by atoms with Crippen LogP contribution in [-0.4, -0.2) is 10.0 Å². The van der Waals surface area contributed by atoms with Crippen molar-refractivity contribution in [3.63, 3.8) is 0 Å². The lowest BCUT2D eigenvalue weighted by Crippen LogP contribution is -2.36. The second kappa shape index (κ2) is 9.41. The number of hydrogen-bond donors (Lipinski definition) is 1. The maximum Gasteiger partial charge on any atom is 0.277 e. The van der Waals surface area contributed by atoms with Crippen molar-refractivity contribution >= 4 is 17.3 Å². The van der Waals surface area contributed by atoms with Crippen molar-refractivity contribution in [1.82, 2.24) is 0 Å². The van der Waals surface area contributed by atoms with Crippen LogP contribution in [0.15, 0.2) is 115 Å². The Labute approximate surface area is 207 Å². The molecule has 6 heteroatoms. The summed E-state index contributed by atoms with van der Waals surface area (Å²) in [5.41, 5.74) is 5.26. The molecule has 1 aromatic heterocycles. The maximum atomic E-state index is 11.7. The molecule has 1 heterocycles. The second-order valence-corrected chi connectivity index (χ2v) is 8.41. The molecule has 0 aliphatic rings. The molecule has 5 aromatic rings. The number of pyridine rings is 1. The summed E-state index contributed by atoms with van der Waals surface area (Å²) >= 11 is 6.27. The van der Waals surface area contributed by atoms with Crippen LogP contribution >= 0.6 is 11.6 Å². The summed E-state index contributed by atoms with van der Waals surface area (Å²) in [5.74, 6) is -0.232. The van der Waals surface area contributed by atoms with Crippen LogP contribution < -0.4 is 4.57 Å². The van der Waals surface area contributed by atoms with Gasteiger partial charge in [-0.15, -0.1) is 4.57 Å². The van der Waals surface area contributed by atoms with Crippen LogP contribution in [0.3, 0.4) is 0 Å². The summed E-state index contributed by atoms with van der Waals surface area (Å²) in [6.45, 7) is 0. The molecule has 0 radical (unpaired) electrons. The van der Waals surface area contributed by atoms with E-state index in [9.17, 15) is 15.2 Å². The standard InChI is InChI=1S/C29H19ClN2O3/c30-25-18-24(32(34)35)19-28(29(25)33)31-26(21-12-6-2-7-13-21)16-23(20-10-4-1-5-11-20)17-27(31)22-14-8-3-9-15-22/h1-19H/p+1. The van der Waals surface area contributed by atoms with E-state index in [1.807, 2.05) is 108 Å². The van der Waals surface area contributed by atoms with Crippen molar-refractivity contribution < 1.29 is 14.6 Å². The first-order chi connectivity index (χ1) is 17.0. The summed E-state index contributed by atoms with van der Waals surface area (Å²) < 4.78 is 1.82. The minimum absolute atomic E-state index is 0.0909. The van der Waals surface area contributed by atoms with Crippen molar-refractivity contribution in [1.29, 1.82) is 0 Å². The van der Waals surface area contributed by atoms with Gasteiger partial charge in [-0.2, -0.15) is 0 Å². The molecule has 1 N–H and O–H groups in total. The third-order valence-corrected chi connectivity index (χ3v) is 6.08. The van der Waals surface area contributed by atoms with Gasteiger partial charge in [-0.05, 0) is 35.4 Å². The Morgan fingerprint density at radius 3 is 1.57 bits per heavy atom. The monoisotopic (exact) mass is 479 g/mol. The van der Waals surface area contributed by atoms with E-state index >= 15 is 0 Å². The van der Waals surface area contributed by atoms with Gasteiger partial charge in [0.2, 0.25) is 17.1 Å². The van der Waals surface area contributed by atoms with Gasteiger partial charge in [-0.3, -0.25) is 10.1 Å². The first-order valence-corrected chi connectivity index (χ1v) is 11.3. The van der Waals surface area contributed by atoms with Crippen LogP contribution in [0.2, 0.25) is 5.02 Å². The molecule has 0 atom stereocenters. The molecular weight excluding hydrogens is 460 g/mol. The van der Waals surface area contributed by atoms with Crippen molar-refractivity contribution in [2.24, 2.45) is 0 Å². The third-order valence-electron chi connectivity index (χ3n) is 5.79. The van der Waals surface area contributed by atoms with Gasteiger partial charge >= 0.3 is 0 Å². The number of nitrogens with zero attached hydrogens (tertiary/aromatic N) is 2. The number of aromatic hydroxyl groups is 1. The number of phenols is 1. The van der Waals surface area contributed by atoms with E-state index in [1.165, 1.54) is 6.07 Å². The summed E-state index contributed by atoms with van der Waals surface area (Å²) in [7, 11) is 0. The van der Waals surface area contributed by atoms with E-state index < -0.39 is 4.92 Å². The molecule has 0 fully saturated rings. The predicted molar refractivity (Wildman–Crippen MR) is 138 cm³/mol. The maximum absolute atomic E-state index is 11.7. The highest BCUT2D eigenvalue weighted by Gasteiger charge is 2.30. The molecule has 0 saturated heterocycles. The number of halogens is 1. The molecule has 0 aliphatic carbocycles. The van der Waals surface area contributed by atoms with E-state index in [1.54, 1.807) is 0 Å². The van der Waals surface area contributed by atoms with Crippen LogP contribution in [-0.2, 0) is 0 Å². The first kappa shape index (κ1) is 22.3.